The molecule has 0 fully saturated rings. The number of hydrogen-bond acceptors (Lipinski definition) is 5. The van der Waals surface area contributed by atoms with Gasteiger partial charge in [0.1, 0.15) is 6.54 Å². The van der Waals surface area contributed by atoms with Gasteiger partial charge in [-0.2, -0.15) is 0 Å². The van der Waals surface area contributed by atoms with Crippen LogP contribution in [0.1, 0.15) is 59.3 Å². The Kier molecular flexibility index (Phi) is 13.0. The Morgan fingerprint density at radius 1 is 0.905 bits per heavy atom. The summed E-state index contributed by atoms with van der Waals surface area (Å²) in [4.78, 5) is 11.5. The monoisotopic (exact) mass is 323 g/mol. The van der Waals surface area contributed by atoms with Crippen molar-refractivity contribution in [2.24, 2.45) is 0 Å². The van der Waals surface area contributed by atoms with Crippen molar-refractivity contribution in [3.8, 4) is 0 Å². The first kappa shape index (κ1) is 20.6. The third-order valence-corrected chi connectivity index (χ3v) is 4.29. The van der Waals surface area contributed by atoms with Crippen LogP contribution >= 0.6 is 7.75 Å². The topological polar surface area (TPSA) is 73.9 Å². The SMILES string of the molecule is CCCCOC(=O)CNP(=O)(OCCCC)OCCCC. The maximum atomic E-state index is 12.4. The van der Waals surface area contributed by atoms with Crippen LogP contribution in [-0.2, 0) is 23.1 Å². The minimum atomic E-state index is -3.42. The number of carbonyl (C=O) groups is 1. The zero-order chi connectivity index (χ0) is 16.0. The number of nitrogens with one attached hydrogen (secondary N) is 1. The van der Waals surface area contributed by atoms with Crippen molar-refractivity contribution in [2.45, 2.75) is 59.3 Å². The number of carbonyl (C=O) groups excluding carboxylic acids is 1. The maximum Gasteiger partial charge on any atom is 0.406 e. The molecule has 0 spiro atoms. The molecule has 0 amide bonds. The molecule has 0 aromatic heterocycles. The van der Waals surface area contributed by atoms with Crippen LogP contribution in [0.2, 0.25) is 0 Å². The molecule has 0 aliphatic carbocycles. The molecule has 0 heterocycles. The second-order valence-electron chi connectivity index (χ2n) is 4.78. The average Bonchev–Trinajstić information content (AvgIpc) is 2.46. The molecule has 21 heavy (non-hydrogen) atoms. The van der Waals surface area contributed by atoms with Crippen LogP contribution in [0.5, 0.6) is 0 Å². The van der Waals surface area contributed by atoms with Crippen LogP contribution in [-0.4, -0.2) is 32.3 Å². The van der Waals surface area contributed by atoms with Gasteiger partial charge in [-0.1, -0.05) is 40.0 Å². The molecule has 0 saturated carbocycles. The molecule has 0 aromatic carbocycles. The summed E-state index contributed by atoms with van der Waals surface area (Å²) in [6.07, 6.45) is 5.25. The van der Waals surface area contributed by atoms with E-state index in [1.54, 1.807) is 0 Å². The van der Waals surface area contributed by atoms with Crippen molar-refractivity contribution in [3.05, 3.63) is 0 Å². The lowest BCUT2D eigenvalue weighted by molar-refractivity contribution is -0.142. The molecule has 0 atom stereocenters. The first-order chi connectivity index (χ1) is 10.1. The molecule has 0 aliphatic heterocycles. The third kappa shape index (κ3) is 11.9. The highest BCUT2D eigenvalue weighted by atomic mass is 31.2. The number of hydrogen-bond donors (Lipinski definition) is 1. The largest absolute Gasteiger partial charge is 0.465 e. The molecule has 0 radical (unpaired) electrons. The van der Waals surface area contributed by atoms with Gasteiger partial charge in [0, 0.05) is 0 Å². The van der Waals surface area contributed by atoms with E-state index in [2.05, 4.69) is 5.09 Å². The Bertz CT molecular complexity index is 298. The van der Waals surface area contributed by atoms with Gasteiger partial charge >= 0.3 is 13.7 Å². The smallest absolute Gasteiger partial charge is 0.406 e. The molecule has 0 rings (SSSR count). The lowest BCUT2D eigenvalue weighted by atomic mass is 10.4. The van der Waals surface area contributed by atoms with Crippen molar-refractivity contribution in [1.29, 1.82) is 0 Å². The van der Waals surface area contributed by atoms with Gasteiger partial charge in [0.15, 0.2) is 0 Å². The second kappa shape index (κ2) is 13.3. The predicted molar refractivity (Wildman–Crippen MR) is 83.2 cm³/mol. The average molecular weight is 323 g/mol. The Labute approximate surface area is 128 Å². The normalized spacial score (nSPS) is 11.6. The van der Waals surface area contributed by atoms with Crippen LogP contribution in [0.3, 0.4) is 0 Å². The Balaban J connectivity index is 4.18. The van der Waals surface area contributed by atoms with Crippen molar-refractivity contribution in [2.75, 3.05) is 26.4 Å². The van der Waals surface area contributed by atoms with Crippen LogP contribution in [0, 0.1) is 0 Å². The molecular weight excluding hydrogens is 293 g/mol. The zero-order valence-electron chi connectivity index (χ0n) is 13.6. The highest BCUT2D eigenvalue weighted by Gasteiger charge is 2.25. The van der Waals surface area contributed by atoms with E-state index in [4.69, 9.17) is 13.8 Å². The first-order valence-electron chi connectivity index (χ1n) is 7.87. The van der Waals surface area contributed by atoms with Gasteiger partial charge in [-0.15, -0.1) is 0 Å². The van der Waals surface area contributed by atoms with E-state index >= 15 is 0 Å². The van der Waals surface area contributed by atoms with E-state index in [0.717, 1.165) is 38.5 Å². The summed E-state index contributed by atoms with van der Waals surface area (Å²) in [5.41, 5.74) is 0. The van der Waals surface area contributed by atoms with Crippen LogP contribution in [0.15, 0.2) is 0 Å². The molecule has 6 nitrogen and oxygen atoms in total. The Morgan fingerprint density at radius 2 is 1.38 bits per heavy atom. The molecule has 7 heteroatoms. The summed E-state index contributed by atoms with van der Waals surface area (Å²) in [5.74, 6) is -0.443. The maximum absolute atomic E-state index is 12.4. The number of ether oxygens (including phenoxy) is 1. The van der Waals surface area contributed by atoms with Crippen LogP contribution < -0.4 is 5.09 Å². The number of unbranched alkanes of at least 4 members (excludes halogenated alkanes) is 3. The molecule has 0 aromatic rings. The molecule has 0 bridgehead atoms. The lowest BCUT2D eigenvalue weighted by Gasteiger charge is -2.18. The zero-order valence-corrected chi connectivity index (χ0v) is 14.5. The molecule has 126 valence electrons. The standard InChI is InChI=1S/C14H30NO5P/c1-4-7-10-18-14(16)13-15-21(17,19-11-8-5-2)20-12-9-6-3/h4-13H2,1-3H3,(H,15,17). The van der Waals surface area contributed by atoms with E-state index in [-0.39, 0.29) is 6.54 Å². The summed E-state index contributed by atoms with van der Waals surface area (Å²) in [5, 5.41) is 2.58. The minimum Gasteiger partial charge on any atom is -0.465 e. The second-order valence-corrected chi connectivity index (χ2v) is 6.61. The molecule has 1 N–H and O–H groups in total. The Morgan fingerprint density at radius 3 is 1.86 bits per heavy atom. The van der Waals surface area contributed by atoms with E-state index in [0.29, 0.717) is 19.8 Å². The summed E-state index contributed by atoms with van der Waals surface area (Å²) >= 11 is 0. The van der Waals surface area contributed by atoms with Gasteiger partial charge in [-0.25, -0.2) is 9.65 Å². The highest BCUT2D eigenvalue weighted by molar-refractivity contribution is 7.51. The van der Waals surface area contributed by atoms with Gasteiger partial charge in [-0.05, 0) is 19.3 Å². The summed E-state index contributed by atoms with van der Waals surface area (Å²) < 4.78 is 28.0. The summed E-state index contributed by atoms with van der Waals surface area (Å²) in [7, 11) is -3.42. The minimum absolute atomic E-state index is 0.167. The Hall–Kier alpha value is -0.420. The first-order valence-corrected chi connectivity index (χ1v) is 9.42. The van der Waals surface area contributed by atoms with Crippen LogP contribution in [0.4, 0.5) is 0 Å². The number of rotatable bonds is 14. The number of esters is 1. The lowest BCUT2D eigenvalue weighted by Crippen LogP contribution is -2.25. The third-order valence-electron chi connectivity index (χ3n) is 2.70. The quantitative estimate of drug-likeness (QED) is 0.299. The highest BCUT2D eigenvalue weighted by Crippen LogP contribution is 2.43. The van der Waals surface area contributed by atoms with Gasteiger partial charge in [-0.3, -0.25) is 13.8 Å². The van der Waals surface area contributed by atoms with Crippen molar-refractivity contribution >= 4 is 13.7 Å². The van der Waals surface area contributed by atoms with Crippen molar-refractivity contribution < 1.29 is 23.1 Å². The van der Waals surface area contributed by atoms with E-state index in [9.17, 15) is 9.36 Å². The summed E-state index contributed by atoms with van der Waals surface area (Å²) in [6, 6.07) is 0. The van der Waals surface area contributed by atoms with Crippen molar-refractivity contribution in [1.82, 2.24) is 5.09 Å². The fraction of sp³-hybridized carbons (Fsp3) is 0.929. The molecule has 0 unspecified atom stereocenters. The van der Waals surface area contributed by atoms with Gasteiger partial charge in [0.25, 0.3) is 0 Å². The van der Waals surface area contributed by atoms with E-state index < -0.39 is 13.7 Å². The predicted octanol–water partition coefficient (Wildman–Crippen LogP) is 3.66. The molecule has 0 aliphatic rings. The van der Waals surface area contributed by atoms with Gasteiger partial charge in [0.05, 0.1) is 19.8 Å². The molecule has 0 saturated heterocycles. The van der Waals surface area contributed by atoms with Gasteiger partial charge < -0.3 is 4.74 Å². The van der Waals surface area contributed by atoms with Crippen molar-refractivity contribution in [3.63, 3.8) is 0 Å². The molecular formula is C14H30NO5P. The fourth-order valence-corrected chi connectivity index (χ4v) is 2.65. The summed E-state index contributed by atoms with van der Waals surface area (Å²) in [6.45, 7) is 6.96. The van der Waals surface area contributed by atoms with E-state index in [1.807, 2.05) is 20.8 Å². The fourth-order valence-electron chi connectivity index (χ4n) is 1.33. The van der Waals surface area contributed by atoms with Crippen LogP contribution in [0.25, 0.3) is 0 Å². The van der Waals surface area contributed by atoms with E-state index in [1.165, 1.54) is 0 Å². The van der Waals surface area contributed by atoms with Gasteiger partial charge in [0.2, 0.25) is 0 Å².